The Balaban J connectivity index is 3.00. The van der Waals surface area contributed by atoms with Crippen molar-refractivity contribution in [3.8, 4) is 0 Å². The quantitative estimate of drug-likeness (QED) is 0.746. The van der Waals surface area contributed by atoms with Crippen LogP contribution >= 0.6 is 0 Å². The average Bonchev–Trinajstić information content (AvgIpc) is 2.39. The normalized spacial score (nSPS) is 12.4. The van der Waals surface area contributed by atoms with Crippen LogP contribution in [0, 0.1) is 18.8 Å². The first-order valence-electron chi connectivity index (χ1n) is 7.82. The fourth-order valence-electron chi connectivity index (χ4n) is 2.74. The van der Waals surface area contributed by atoms with Gasteiger partial charge in [0.25, 0.3) is 0 Å². The molecule has 1 atom stereocenters. The Morgan fingerprint density at radius 2 is 1.50 bits per heavy atom. The van der Waals surface area contributed by atoms with Crippen molar-refractivity contribution in [2.24, 2.45) is 11.8 Å². The summed E-state index contributed by atoms with van der Waals surface area (Å²) in [5, 5.41) is 18.7. The summed E-state index contributed by atoms with van der Waals surface area (Å²) in [5.74, 6) is -1.21. The number of aryl methyl sites for hydroxylation is 1. The molecule has 0 radical (unpaired) electrons. The third-order valence-corrected chi connectivity index (χ3v) is 3.89. The molecule has 0 saturated heterocycles. The SMILES string of the molecule is Cc1cc(C(=O)O)c(CC(C)CCCC(C)C)c(C(=O)O)c1. The first kappa shape index (κ1) is 18.2. The molecular weight excluding hydrogens is 280 g/mol. The van der Waals surface area contributed by atoms with Crippen LogP contribution in [0.2, 0.25) is 0 Å². The Morgan fingerprint density at radius 1 is 1.00 bits per heavy atom. The molecule has 1 aromatic rings. The average molecular weight is 306 g/mol. The number of carbonyl (C=O) groups is 2. The summed E-state index contributed by atoms with van der Waals surface area (Å²) in [6, 6.07) is 3.12. The summed E-state index contributed by atoms with van der Waals surface area (Å²) < 4.78 is 0. The van der Waals surface area contributed by atoms with E-state index in [9.17, 15) is 19.8 Å². The molecule has 4 heteroatoms. The minimum Gasteiger partial charge on any atom is -0.478 e. The van der Waals surface area contributed by atoms with Crippen molar-refractivity contribution in [3.63, 3.8) is 0 Å². The van der Waals surface area contributed by atoms with Crippen molar-refractivity contribution in [1.82, 2.24) is 0 Å². The van der Waals surface area contributed by atoms with Crippen LogP contribution in [0.25, 0.3) is 0 Å². The lowest BCUT2D eigenvalue weighted by Gasteiger charge is -2.16. The zero-order chi connectivity index (χ0) is 16.9. The van der Waals surface area contributed by atoms with Gasteiger partial charge >= 0.3 is 11.9 Å². The van der Waals surface area contributed by atoms with Gasteiger partial charge in [0.15, 0.2) is 0 Å². The highest BCUT2D eigenvalue weighted by Crippen LogP contribution is 2.24. The van der Waals surface area contributed by atoms with Gasteiger partial charge in [0.05, 0.1) is 11.1 Å². The zero-order valence-corrected chi connectivity index (χ0v) is 13.8. The first-order valence-corrected chi connectivity index (χ1v) is 7.82. The smallest absolute Gasteiger partial charge is 0.335 e. The number of aromatic carboxylic acids is 2. The molecule has 122 valence electrons. The fourth-order valence-corrected chi connectivity index (χ4v) is 2.74. The summed E-state index contributed by atoms with van der Waals surface area (Å²) in [4.78, 5) is 22.9. The van der Waals surface area contributed by atoms with Crippen LogP contribution in [0.3, 0.4) is 0 Å². The van der Waals surface area contributed by atoms with E-state index < -0.39 is 11.9 Å². The number of carboxylic acids is 2. The molecule has 0 amide bonds. The lowest BCUT2D eigenvalue weighted by molar-refractivity contribution is 0.0695. The Morgan fingerprint density at radius 3 is 1.91 bits per heavy atom. The van der Waals surface area contributed by atoms with Crippen molar-refractivity contribution in [2.45, 2.75) is 53.4 Å². The third-order valence-electron chi connectivity index (χ3n) is 3.89. The van der Waals surface area contributed by atoms with Gasteiger partial charge in [-0.15, -0.1) is 0 Å². The van der Waals surface area contributed by atoms with Gasteiger partial charge in [0.2, 0.25) is 0 Å². The Labute approximate surface area is 132 Å². The maximum Gasteiger partial charge on any atom is 0.335 e. The van der Waals surface area contributed by atoms with Crippen molar-refractivity contribution in [3.05, 3.63) is 34.4 Å². The molecule has 0 saturated carbocycles. The maximum absolute atomic E-state index is 11.4. The molecule has 1 aromatic carbocycles. The summed E-state index contributed by atoms with van der Waals surface area (Å²) in [7, 11) is 0. The molecule has 0 aliphatic heterocycles. The van der Waals surface area contributed by atoms with Crippen LogP contribution in [0.15, 0.2) is 12.1 Å². The van der Waals surface area contributed by atoms with E-state index in [0.29, 0.717) is 23.5 Å². The van der Waals surface area contributed by atoms with E-state index >= 15 is 0 Å². The second kappa shape index (κ2) is 7.97. The molecule has 0 aliphatic carbocycles. The largest absolute Gasteiger partial charge is 0.478 e. The Kier molecular flexibility index (Phi) is 6.60. The van der Waals surface area contributed by atoms with Gasteiger partial charge in [-0.25, -0.2) is 9.59 Å². The van der Waals surface area contributed by atoms with Crippen LogP contribution in [0.1, 0.15) is 71.9 Å². The van der Waals surface area contributed by atoms with Gasteiger partial charge in [-0.3, -0.25) is 0 Å². The van der Waals surface area contributed by atoms with E-state index in [2.05, 4.69) is 20.8 Å². The molecule has 0 heterocycles. The lowest BCUT2D eigenvalue weighted by Crippen LogP contribution is -2.14. The van der Waals surface area contributed by atoms with Crippen LogP contribution in [-0.4, -0.2) is 22.2 Å². The molecule has 4 nitrogen and oxygen atoms in total. The second-order valence-corrected chi connectivity index (χ2v) is 6.58. The molecule has 0 aromatic heterocycles. The summed E-state index contributed by atoms with van der Waals surface area (Å²) >= 11 is 0. The summed E-state index contributed by atoms with van der Waals surface area (Å²) in [6.45, 7) is 8.12. The van der Waals surface area contributed by atoms with Crippen LogP contribution in [0.5, 0.6) is 0 Å². The van der Waals surface area contributed by atoms with E-state index in [4.69, 9.17) is 0 Å². The highest BCUT2D eigenvalue weighted by molar-refractivity contribution is 5.97. The van der Waals surface area contributed by atoms with Crippen LogP contribution in [0.4, 0.5) is 0 Å². The highest BCUT2D eigenvalue weighted by atomic mass is 16.4. The third kappa shape index (κ3) is 5.17. The molecule has 0 bridgehead atoms. The zero-order valence-electron chi connectivity index (χ0n) is 13.8. The van der Waals surface area contributed by atoms with Gasteiger partial charge in [-0.05, 0) is 48.4 Å². The molecule has 0 aliphatic rings. The summed E-state index contributed by atoms with van der Waals surface area (Å²) in [5.41, 5.74) is 1.34. The number of carboxylic acid groups (broad SMARTS) is 2. The van der Waals surface area contributed by atoms with Crippen LogP contribution in [-0.2, 0) is 6.42 Å². The van der Waals surface area contributed by atoms with E-state index in [1.54, 1.807) is 19.1 Å². The second-order valence-electron chi connectivity index (χ2n) is 6.58. The molecule has 0 fully saturated rings. The van der Waals surface area contributed by atoms with Crippen molar-refractivity contribution in [2.75, 3.05) is 0 Å². The number of benzene rings is 1. The maximum atomic E-state index is 11.4. The minimum absolute atomic E-state index is 0.119. The Bertz CT molecular complexity index is 511. The van der Waals surface area contributed by atoms with E-state index in [1.807, 2.05) is 0 Å². The number of hydrogen-bond acceptors (Lipinski definition) is 2. The van der Waals surface area contributed by atoms with Gasteiger partial charge in [0, 0.05) is 0 Å². The molecule has 1 rings (SSSR count). The monoisotopic (exact) mass is 306 g/mol. The predicted molar refractivity (Wildman–Crippen MR) is 86.7 cm³/mol. The van der Waals surface area contributed by atoms with E-state index in [-0.39, 0.29) is 17.0 Å². The Hall–Kier alpha value is -1.84. The standard InChI is InChI=1S/C18H26O4/c1-11(2)6-5-7-12(3)8-14-15(17(19)20)9-13(4)10-16(14)18(21)22/h9-12H,5-8H2,1-4H3,(H,19,20)(H,21,22). The topological polar surface area (TPSA) is 74.6 Å². The molecular formula is C18H26O4. The minimum atomic E-state index is -1.06. The van der Waals surface area contributed by atoms with Gasteiger partial charge in [-0.2, -0.15) is 0 Å². The van der Waals surface area contributed by atoms with Crippen molar-refractivity contribution >= 4 is 11.9 Å². The molecule has 0 spiro atoms. The summed E-state index contributed by atoms with van der Waals surface area (Å²) in [6.07, 6.45) is 3.68. The molecule has 2 N–H and O–H groups in total. The van der Waals surface area contributed by atoms with Gasteiger partial charge in [-0.1, -0.05) is 40.0 Å². The predicted octanol–water partition coefficient (Wildman–Crippen LogP) is 4.40. The number of rotatable bonds is 8. The molecule has 22 heavy (non-hydrogen) atoms. The number of hydrogen-bond donors (Lipinski definition) is 2. The highest BCUT2D eigenvalue weighted by Gasteiger charge is 2.21. The fraction of sp³-hybridized carbons (Fsp3) is 0.556. The lowest BCUT2D eigenvalue weighted by atomic mass is 9.88. The van der Waals surface area contributed by atoms with Crippen molar-refractivity contribution in [1.29, 1.82) is 0 Å². The van der Waals surface area contributed by atoms with E-state index in [1.165, 1.54) is 0 Å². The van der Waals surface area contributed by atoms with Gasteiger partial charge in [0.1, 0.15) is 0 Å². The van der Waals surface area contributed by atoms with Crippen LogP contribution < -0.4 is 0 Å². The van der Waals surface area contributed by atoms with Crippen molar-refractivity contribution < 1.29 is 19.8 Å². The first-order chi connectivity index (χ1) is 10.2. The molecule has 1 unspecified atom stereocenters. The van der Waals surface area contributed by atoms with E-state index in [0.717, 1.165) is 19.3 Å². The van der Waals surface area contributed by atoms with Gasteiger partial charge < -0.3 is 10.2 Å².